The minimum atomic E-state index is -4.52. The number of alkyl halides is 3. The molecule has 1 aliphatic heterocycles. The molecule has 2 heterocycles. The fourth-order valence-corrected chi connectivity index (χ4v) is 2.80. The summed E-state index contributed by atoms with van der Waals surface area (Å²) in [6, 6.07) is 3.56. The molecule has 5 nitrogen and oxygen atoms in total. The minimum absolute atomic E-state index is 0.147. The van der Waals surface area contributed by atoms with Crippen LogP contribution in [0.15, 0.2) is 24.4 Å². The third kappa shape index (κ3) is 3.87. The lowest BCUT2D eigenvalue weighted by atomic mass is 10.1. The molecule has 1 aromatic carbocycles. The van der Waals surface area contributed by atoms with Crippen LogP contribution in [0.25, 0.3) is 0 Å². The first-order chi connectivity index (χ1) is 11.4. The molecule has 1 fully saturated rings. The van der Waals surface area contributed by atoms with Crippen molar-refractivity contribution < 1.29 is 13.2 Å². The first kappa shape index (κ1) is 16.8. The van der Waals surface area contributed by atoms with Crippen molar-refractivity contribution in [3.8, 4) is 0 Å². The Morgan fingerprint density at radius 1 is 1.12 bits per heavy atom. The normalized spacial score (nSPS) is 15.4. The van der Waals surface area contributed by atoms with Crippen LogP contribution in [0, 0.1) is 0 Å². The van der Waals surface area contributed by atoms with E-state index in [-0.39, 0.29) is 16.7 Å². The molecule has 1 N–H and O–H groups in total. The van der Waals surface area contributed by atoms with Gasteiger partial charge >= 0.3 is 6.18 Å². The van der Waals surface area contributed by atoms with Gasteiger partial charge in [0.25, 0.3) is 0 Å². The quantitative estimate of drug-likeness (QED) is 0.888. The molecule has 24 heavy (non-hydrogen) atoms. The summed E-state index contributed by atoms with van der Waals surface area (Å²) in [6.07, 6.45) is 0.381. The Kier molecular flexibility index (Phi) is 4.75. The zero-order valence-corrected chi connectivity index (χ0v) is 13.4. The lowest BCUT2D eigenvalue weighted by molar-refractivity contribution is -0.137. The van der Waals surface area contributed by atoms with Crippen molar-refractivity contribution in [1.82, 2.24) is 15.2 Å². The van der Waals surface area contributed by atoms with Crippen molar-refractivity contribution in [2.75, 3.05) is 23.3 Å². The van der Waals surface area contributed by atoms with Gasteiger partial charge in [-0.05, 0) is 37.5 Å². The van der Waals surface area contributed by atoms with Crippen LogP contribution in [0.3, 0.4) is 0 Å². The summed E-state index contributed by atoms with van der Waals surface area (Å²) in [5.41, 5.74) is -0.710. The summed E-state index contributed by atoms with van der Waals surface area (Å²) in [7, 11) is 0. The highest BCUT2D eigenvalue weighted by atomic mass is 35.5. The molecular formula is C15H15ClF3N5. The van der Waals surface area contributed by atoms with Gasteiger partial charge in [-0.15, -0.1) is 5.10 Å². The Hall–Kier alpha value is -2.09. The summed E-state index contributed by atoms with van der Waals surface area (Å²) in [4.78, 5) is 6.42. The second-order valence-electron chi connectivity index (χ2n) is 5.50. The van der Waals surface area contributed by atoms with E-state index in [1.165, 1.54) is 18.6 Å². The van der Waals surface area contributed by atoms with Crippen LogP contribution in [-0.4, -0.2) is 28.3 Å². The van der Waals surface area contributed by atoms with Crippen molar-refractivity contribution in [2.24, 2.45) is 0 Å². The van der Waals surface area contributed by atoms with E-state index in [0.29, 0.717) is 5.82 Å². The van der Waals surface area contributed by atoms with Crippen LogP contribution >= 0.6 is 11.6 Å². The summed E-state index contributed by atoms with van der Waals surface area (Å²) in [5.74, 6) is 0.811. The fourth-order valence-electron chi connectivity index (χ4n) is 2.57. The van der Waals surface area contributed by atoms with Crippen LogP contribution in [0.2, 0.25) is 5.02 Å². The van der Waals surface area contributed by atoms with Gasteiger partial charge in [0.2, 0.25) is 5.95 Å². The van der Waals surface area contributed by atoms with Crippen molar-refractivity contribution in [3.63, 3.8) is 0 Å². The van der Waals surface area contributed by atoms with Crippen molar-refractivity contribution in [3.05, 3.63) is 35.0 Å². The van der Waals surface area contributed by atoms with Crippen molar-refractivity contribution in [1.29, 1.82) is 0 Å². The fraction of sp³-hybridized carbons (Fsp3) is 0.400. The highest BCUT2D eigenvalue weighted by Crippen LogP contribution is 2.36. The zero-order valence-electron chi connectivity index (χ0n) is 12.6. The summed E-state index contributed by atoms with van der Waals surface area (Å²) >= 11 is 5.61. The maximum atomic E-state index is 12.9. The maximum Gasteiger partial charge on any atom is 0.417 e. The molecule has 1 aromatic heterocycles. The topological polar surface area (TPSA) is 53.9 Å². The van der Waals surface area contributed by atoms with Crippen LogP contribution in [0.1, 0.15) is 24.8 Å². The predicted octanol–water partition coefficient (Wildman–Crippen LogP) is 4.28. The molecule has 0 saturated carbocycles. The first-order valence-electron chi connectivity index (χ1n) is 7.52. The molecule has 0 atom stereocenters. The number of hydrogen-bond acceptors (Lipinski definition) is 5. The lowest BCUT2D eigenvalue weighted by Gasteiger charge is -2.27. The smallest absolute Gasteiger partial charge is 0.355 e. The van der Waals surface area contributed by atoms with Gasteiger partial charge in [-0.25, -0.2) is 0 Å². The van der Waals surface area contributed by atoms with Gasteiger partial charge in [0.15, 0.2) is 5.82 Å². The Morgan fingerprint density at radius 2 is 1.88 bits per heavy atom. The van der Waals surface area contributed by atoms with E-state index in [1.807, 2.05) is 0 Å². The van der Waals surface area contributed by atoms with E-state index in [4.69, 9.17) is 11.6 Å². The largest absolute Gasteiger partial charge is 0.417 e. The number of nitrogens with one attached hydrogen (secondary N) is 1. The van der Waals surface area contributed by atoms with Gasteiger partial charge < -0.3 is 10.2 Å². The average Bonchev–Trinajstić information content (AvgIpc) is 2.57. The third-order valence-corrected chi connectivity index (χ3v) is 4.08. The molecule has 0 amide bonds. The second kappa shape index (κ2) is 6.80. The Balaban J connectivity index is 1.81. The number of nitrogens with zero attached hydrogens (tertiary/aromatic N) is 4. The van der Waals surface area contributed by atoms with Crippen molar-refractivity contribution >= 4 is 29.1 Å². The maximum absolute atomic E-state index is 12.9. The highest BCUT2D eigenvalue weighted by molar-refractivity contribution is 6.31. The van der Waals surface area contributed by atoms with Gasteiger partial charge in [0, 0.05) is 18.8 Å². The van der Waals surface area contributed by atoms with Crippen LogP contribution in [0.4, 0.5) is 30.6 Å². The van der Waals surface area contributed by atoms with Gasteiger partial charge in [0.1, 0.15) is 0 Å². The minimum Gasteiger partial charge on any atom is -0.355 e. The van der Waals surface area contributed by atoms with E-state index < -0.39 is 11.7 Å². The number of hydrogen-bond donors (Lipinski definition) is 1. The predicted molar refractivity (Wildman–Crippen MR) is 85.6 cm³/mol. The molecule has 0 bridgehead atoms. The number of anilines is 3. The number of benzene rings is 1. The lowest BCUT2D eigenvalue weighted by Crippen LogP contribution is -2.30. The van der Waals surface area contributed by atoms with E-state index in [0.717, 1.165) is 32.0 Å². The van der Waals surface area contributed by atoms with E-state index in [9.17, 15) is 13.2 Å². The van der Waals surface area contributed by atoms with Gasteiger partial charge in [-0.3, -0.25) is 0 Å². The number of halogens is 4. The standard InChI is InChI=1S/C15H15ClF3N5/c16-12-5-4-10(8-11(12)15(17,18)19)21-14-22-13(9-20-23-14)24-6-2-1-3-7-24/h4-5,8-9H,1-3,6-7H2,(H,21,22,23). The molecular weight excluding hydrogens is 343 g/mol. The molecule has 2 aromatic rings. The second-order valence-corrected chi connectivity index (χ2v) is 5.91. The molecule has 0 spiro atoms. The van der Waals surface area contributed by atoms with Crippen molar-refractivity contribution in [2.45, 2.75) is 25.4 Å². The van der Waals surface area contributed by atoms with Crippen LogP contribution in [-0.2, 0) is 6.18 Å². The zero-order chi connectivity index (χ0) is 17.2. The van der Waals surface area contributed by atoms with Gasteiger partial charge in [0.05, 0.1) is 16.8 Å². The first-order valence-corrected chi connectivity index (χ1v) is 7.90. The van der Waals surface area contributed by atoms with Gasteiger partial charge in [-0.1, -0.05) is 11.6 Å². The number of aromatic nitrogens is 3. The molecule has 0 radical (unpaired) electrons. The number of rotatable bonds is 3. The molecule has 0 aliphatic carbocycles. The van der Waals surface area contributed by atoms with Crippen LogP contribution in [0.5, 0.6) is 0 Å². The summed E-state index contributed by atoms with van der Waals surface area (Å²) in [6.45, 7) is 1.77. The highest BCUT2D eigenvalue weighted by Gasteiger charge is 2.33. The molecule has 9 heteroatoms. The van der Waals surface area contributed by atoms with Gasteiger partial charge in [-0.2, -0.15) is 23.3 Å². The Morgan fingerprint density at radius 3 is 2.58 bits per heavy atom. The number of piperidine rings is 1. The Labute approximate surface area is 141 Å². The SMILES string of the molecule is FC(F)(F)c1cc(Nc2nncc(N3CCCCC3)n2)ccc1Cl. The van der Waals surface area contributed by atoms with Crippen LogP contribution < -0.4 is 10.2 Å². The summed E-state index contributed by atoms with van der Waals surface area (Å²) in [5, 5.41) is 10.1. The summed E-state index contributed by atoms with van der Waals surface area (Å²) < 4.78 is 38.7. The monoisotopic (exact) mass is 357 g/mol. The molecule has 3 rings (SSSR count). The third-order valence-electron chi connectivity index (χ3n) is 3.75. The van der Waals surface area contributed by atoms with E-state index >= 15 is 0 Å². The van der Waals surface area contributed by atoms with E-state index in [2.05, 4.69) is 25.4 Å². The molecule has 0 unspecified atom stereocenters. The van der Waals surface area contributed by atoms with E-state index in [1.54, 1.807) is 6.20 Å². The molecule has 128 valence electrons. The average molecular weight is 358 g/mol. The Bertz CT molecular complexity index is 716. The molecule has 1 aliphatic rings. The molecule has 1 saturated heterocycles.